The Morgan fingerprint density at radius 1 is 0.697 bits per heavy atom. The average molecular weight is 428 g/mol. The van der Waals surface area contributed by atoms with Gasteiger partial charge in [-0.3, -0.25) is 0 Å². The lowest BCUT2D eigenvalue weighted by Crippen LogP contribution is -2.18. The van der Waals surface area contributed by atoms with Crippen LogP contribution in [0.2, 0.25) is 0 Å². The molecule has 5 aromatic carbocycles. The van der Waals surface area contributed by atoms with E-state index in [-0.39, 0.29) is 5.41 Å². The van der Waals surface area contributed by atoms with Gasteiger partial charge in [-0.15, -0.1) is 0 Å². The summed E-state index contributed by atoms with van der Waals surface area (Å²) >= 11 is 0. The van der Waals surface area contributed by atoms with Crippen molar-refractivity contribution in [1.82, 2.24) is 0 Å². The summed E-state index contributed by atoms with van der Waals surface area (Å²) in [4.78, 5) is 2.45. The molecule has 0 atom stereocenters. The summed E-state index contributed by atoms with van der Waals surface area (Å²) in [5.41, 5.74) is 9.49. The Morgan fingerprint density at radius 3 is 2.12 bits per heavy atom. The molecule has 6 rings (SSSR count). The quantitative estimate of drug-likeness (QED) is 0.278. The Labute approximate surface area is 196 Å². The zero-order valence-electron chi connectivity index (χ0n) is 19.8. The fraction of sp³-hybridized carbons (Fsp3) is 0.188. The number of aryl methyl sites for hydroxylation is 1. The highest BCUT2D eigenvalue weighted by Crippen LogP contribution is 2.52. The van der Waals surface area contributed by atoms with Crippen LogP contribution in [0.25, 0.3) is 32.7 Å². The van der Waals surface area contributed by atoms with E-state index in [1.54, 1.807) is 0 Å². The predicted molar refractivity (Wildman–Crippen MR) is 143 cm³/mol. The molecule has 0 radical (unpaired) electrons. The van der Waals surface area contributed by atoms with Gasteiger partial charge < -0.3 is 4.90 Å². The molecule has 1 nitrogen and oxygen atoms in total. The molecule has 0 aromatic heterocycles. The van der Waals surface area contributed by atoms with E-state index in [2.05, 4.69) is 124 Å². The van der Waals surface area contributed by atoms with Crippen LogP contribution in [0, 0.1) is 6.92 Å². The predicted octanol–water partition coefficient (Wildman–Crippen LogP) is 8.77. The van der Waals surface area contributed by atoms with Gasteiger partial charge in [0.15, 0.2) is 0 Å². The molecular formula is C32H29N. The molecule has 0 saturated heterocycles. The van der Waals surface area contributed by atoms with Crippen molar-refractivity contribution in [2.24, 2.45) is 0 Å². The van der Waals surface area contributed by atoms with Gasteiger partial charge in [0, 0.05) is 23.3 Å². The number of hydrogen-bond donors (Lipinski definition) is 0. The maximum atomic E-state index is 2.45. The monoisotopic (exact) mass is 427 g/mol. The third-order valence-electron chi connectivity index (χ3n) is 7.61. The van der Waals surface area contributed by atoms with E-state index < -0.39 is 0 Å². The summed E-state index contributed by atoms with van der Waals surface area (Å²) in [6.45, 7) is 10.2. The normalized spacial score (nSPS) is 13.8. The Bertz CT molecular complexity index is 1540. The minimum atomic E-state index is -0.0139. The van der Waals surface area contributed by atoms with Crippen LogP contribution in [-0.2, 0) is 5.41 Å². The summed E-state index contributed by atoms with van der Waals surface area (Å²) in [6.07, 6.45) is 0. The molecule has 0 aliphatic heterocycles. The first-order valence-electron chi connectivity index (χ1n) is 11.9. The van der Waals surface area contributed by atoms with E-state index in [4.69, 9.17) is 0 Å². The van der Waals surface area contributed by atoms with Crippen molar-refractivity contribution in [2.45, 2.75) is 33.1 Å². The molecule has 0 fully saturated rings. The Kier molecular flexibility index (Phi) is 4.39. The molecule has 33 heavy (non-hydrogen) atoms. The van der Waals surface area contributed by atoms with Gasteiger partial charge in [-0.25, -0.2) is 0 Å². The van der Waals surface area contributed by atoms with Crippen molar-refractivity contribution in [3.8, 4) is 11.1 Å². The van der Waals surface area contributed by atoms with Crippen molar-refractivity contribution < 1.29 is 0 Å². The number of rotatable bonds is 3. The van der Waals surface area contributed by atoms with Gasteiger partial charge in [-0.1, -0.05) is 86.6 Å². The summed E-state index contributed by atoms with van der Waals surface area (Å²) in [6, 6.07) is 33.7. The van der Waals surface area contributed by atoms with Gasteiger partial charge in [0.2, 0.25) is 0 Å². The molecule has 0 N–H and O–H groups in total. The van der Waals surface area contributed by atoms with Crippen molar-refractivity contribution in [2.75, 3.05) is 11.4 Å². The van der Waals surface area contributed by atoms with E-state index in [0.29, 0.717) is 0 Å². The molecule has 0 bridgehead atoms. The number of fused-ring (bicyclic) bond motifs is 6. The highest BCUT2D eigenvalue weighted by Gasteiger charge is 2.37. The Morgan fingerprint density at radius 2 is 1.36 bits per heavy atom. The van der Waals surface area contributed by atoms with Crippen LogP contribution in [0.1, 0.15) is 37.5 Å². The molecular weight excluding hydrogens is 398 g/mol. The molecule has 1 aliphatic carbocycles. The van der Waals surface area contributed by atoms with Crippen LogP contribution in [0.5, 0.6) is 0 Å². The molecule has 1 heteroatoms. The fourth-order valence-corrected chi connectivity index (χ4v) is 5.97. The van der Waals surface area contributed by atoms with Crippen molar-refractivity contribution >= 4 is 32.9 Å². The molecule has 0 heterocycles. The Hall–Kier alpha value is -3.58. The van der Waals surface area contributed by atoms with Crippen LogP contribution in [0.4, 0.5) is 11.4 Å². The lowest BCUT2D eigenvalue weighted by Gasteiger charge is -2.27. The molecule has 0 amide bonds. The molecule has 5 aromatic rings. The molecule has 162 valence electrons. The standard InChI is InChI=1S/C32H29N/c1-5-33(30-19-15-22-10-6-8-12-25(22)21(30)2)24-16-18-29-28(20-24)27-17-14-23-11-7-9-13-26(23)31(27)32(29,3)4/h6-20H,5H2,1-4H3. The fourth-order valence-electron chi connectivity index (χ4n) is 5.97. The van der Waals surface area contributed by atoms with Gasteiger partial charge >= 0.3 is 0 Å². The number of anilines is 2. The van der Waals surface area contributed by atoms with Gasteiger partial charge in [-0.05, 0) is 81.4 Å². The summed E-state index contributed by atoms with van der Waals surface area (Å²) in [5, 5.41) is 5.31. The van der Waals surface area contributed by atoms with Gasteiger partial charge in [0.25, 0.3) is 0 Å². The van der Waals surface area contributed by atoms with Crippen LogP contribution in [0.3, 0.4) is 0 Å². The van der Waals surface area contributed by atoms with Gasteiger partial charge in [-0.2, -0.15) is 0 Å². The lowest BCUT2D eigenvalue weighted by atomic mass is 9.80. The second-order valence-corrected chi connectivity index (χ2v) is 9.74. The first kappa shape index (κ1) is 20.1. The summed E-state index contributed by atoms with van der Waals surface area (Å²) in [7, 11) is 0. The van der Waals surface area contributed by atoms with Crippen LogP contribution in [-0.4, -0.2) is 6.54 Å². The van der Waals surface area contributed by atoms with E-state index in [0.717, 1.165) is 6.54 Å². The minimum absolute atomic E-state index is 0.0139. The second kappa shape index (κ2) is 7.22. The third-order valence-corrected chi connectivity index (χ3v) is 7.61. The van der Waals surface area contributed by atoms with Crippen LogP contribution in [0.15, 0.2) is 91.0 Å². The topological polar surface area (TPSA) is 3.24 Å². The smallest absolute Gasteiger partial charge is 0.0446 e. The van der Waals surface area contributed by atoms with E-state index in [9.17, 15) is 0 Å². The third kappa shape index (κ3) is 2.85. The molecule has 0 saturated carbocycles. The first-order chi connectivity index (χ1) is 16.0. The SMILES string of the molecule is CCN(c1ccc2c(c1)-c1ccc3ccccc3c1C2(C)C)c1ccc2ccccc2c1C. The first-order valence-corrected chi connectivity index (χ1v) is 11.9. The van der Waals surface area contributed by atoms with Crippen molar-refractivity contribution in [3.05, 3.63) is 108 Å². The van der Waals surface area contributed by atoms with Crippen LogP contribution < -0.4 is 4.90 Å². The summed E-state index contributed by atoms with van der Waals surface area (Å²) < 4.78 is 0. The highest BCUT2D eigenvalue weighted by atomic mass is 15.1. The number of benzene rings is 5. The molecule has 1 aliphatic rings. The molecule has 0 unspecified atom stereocenters. The maximum absolute atomic E-state index is 2.45. The largest absolute Gasteiger partial charge is 0.342 e. The van der Waals surface area contributed by atoms with Gasteiger partial charge in [0.1, 0.15) is 0 Å². The average Bonchev–Trinajstić information content (AvgIpc) is 3.08. The van der Waals surface area contributed by atoms with Crippen molar-refractivity contribution in [1.29, 1.82) is 0 Å². The van der Waals surface area contributed by atoms with Gasteiger partial charge in [0.05, 0.1) is 0 Å². The van der Waals surface area contributed by atoms with E-state index in [1.807, 2.05) is 0 Å². The number of nitrogens with zero attached hydrogens (tertiary/aromatic N) is 1. The number of hydrogen-bond acceptors (Lipinski definition) is 1. The maximum Gasteiger partial charge on any atom is 0.0446 e. The second-order valence-electron chi connectivity index (χ2n) is 9.74. The highest BCUT2D eigenvalue weighted by molar-refractivity contribution is 5.98. The summed E-state index contributed by atoms with van der Waals surface area (Å²) in [5.74, 6) is 0. The lowest BCUT2D eigenvalue weighted by molar-refractivity contribution is 0.666. The minimum Gasteiger partial charge on any atom is -0.342 e. The zero-order chi connectivity index (χ0) is 22.7. The Balaban J connectivity index is 1.54. The van der Waals surface area contributed by atoms with E-state index in [1.165, 1.54) is 60.7 Å². The zero-order valence-corrected chi connectivity index (χ0v) is 19.8. The van der Waals surface area contributed by atoms with Crippen molar-refractivity contribution in [3.63, 3.8) is 0 Å². The van der Waals surface area contributed by atoms with Crippen LogP contribution >= 0.6 is 0 Å². The molecule has 0 spiro atoms. The van der Waals surface area contributed by atoms with E-state index >= 15 is 0 Å².